The molecule has 6 nitrogen and oxygen atoms in total. The summed E-state index contributed by atoms with van der Waals surface area (Å²) in [6, 6.07) is 6.34. The number of ketones is 2. The number of anilines is 1. The number of fused-ring (bicyclic) bond motifs is 2. The lowest BCUT2D eigenvalue weighted by Crippen LogP contribution is -2.47. The number of esters is 1. The molecule has 0 saturated heterocycles. The maximum absolute atomic E-state index is 13.1. The fourth-order valence-corrected chi connectivity index (χ4v) is 4.53. The van der Waals surface area contributed by atoms with Gasteiger partial charge in [0.1, 0.15) is 5.41 Å². The predicted molar refractivity (Wildman–Crippen MR) is 104 cm³/mol. The van der Waals surface area contributed by atoms with Crippen LogP contribution in [0, 0.1) is 22.2 Å². The summed E-state index contributed by atoms with van der Waals surface area (Å²) in [4.78, 5) is 50.4. The van der Waals surface area contributed by atoms with Crippen molar-refractivity contribution in [1.82, 2.24) is 0 Å². The van der Waals surface area contributed by atoms with Crippen LogP contribution in [0.3, 0.4) is 0 Å². The van der Waals surface area contributed by atoms with Gasteiger partial charge in [0, 0.05) is 11.1 Å². The first-order valence-electron chi connectivity index (χ1n) is 9.65. The Kier molecular flexibility index (Phi) is 4.72. The second kappa shape index (κ2) is 6.54. The summed E-state index contributed by atoms with van der Waals surface area (Å²) < 4.78 is 5.19. The molecule has 1 N–H and O–H groups in total. The third kappa shape index (κ3) is 2.61. The Hall–Kier alpha value is -2.50. The highest BCUT2D eigenvalue weighted by Crippen LogP contribution is 2.69. The molecule has 28 heavy (non-hydrogen) atoms. The van der Waals surface area contributed by atoms with Crippen molar-refractivity contribution in [3.63, 3.8) is 0 Å². The Balaban J connectivity index is 1.78. The van der Waals surface area contributed by atoms with Gasteiger partial charge in [0.2, 0.25) is 17.5 Å². The first-order chi connectivity index (χ1) is 13.0. The van der Waals surface area contributed by atoms with Gasteiger partial charge < -0.3 is 10.1 Å². The topological polar surface area (TPSA) is 89.5 Å². The number of hydrogen-bond acceptors (Lipinski definition) is 5. The molecule has 2 bridgehead atoms. The number of Topliss-reactive ketones (excluding diaryl/α,β-unsaturated/α-hetero) is 2. The van der Waals surface area contributed by atoms with Crippen LogP contribution in [-0.4, -0.2) is 30.0 Å². The highest BCUT2D eigenvalue weighted by atomic mass is 16.5. The largest absolute Gasteiger partial charge is 0.462 e. The molecular weight excluding hydrogens is 358 g/mol. The summed E-state index contributed by atoms with van der Waals surface area (Å²) in [5, 5.41) is 2.78. The number of ether oxygens (including phenoxy) is 1. The average molecular weight is 385 g/mol. The maximum atomic E-state index is 13.1. The fourth-order valence-electron chi connectivity index (χ4n) is 4.53. The lowest BCUT2D eigenvalue weighted by atomic mass is 9.64. The standard InChI is InChI=1S/C22H27NO5/c1-13(2)12-28-18(26)14-6-8-15(9-7-14)23-19(27)22-11-10-21(5,20(22,3)4)16(24)17(22)25/h6-9,13H,10-12H2,1-5H3,(H,23,27)/t21-,22+/m0/s1. The maximum Gasteiger partial charge on any atom is 0.338 e. The van der Waals surface area contributed by atoms with Gasteiger partial charge >= 0.3 is 5.97 Å². The van der Waals surface area contributed by atoms with Crippen LogP contribution in [0.5, 0.6) is 0 Å². The molecule has 2 aliphatic rings. The van der Waals surface area contributed by atoms with Gasteiger partial charge in [-0.2, -0.15) is 0 Å². The lowest BCUT2D eigenvalue weighted by Gasteiger charge is -2.37. The van der Waals surface area contributed by atoms with Gasteiger partial charge in [-0.05, 0) is 48.4 Å². The fraction of sp³-hybridized carbons (Fsp3) is 0.545. The van der Waals surface area contributed by atoms with E-state index in [4.69, 9.17) is 4.74 Å². The van der Waals surface area contributed by atoms with E-state index in [0.29, 0.717) is 30.7 Å². The average Bonchev–Trinajstić information content (AvgIpc) is 2.92. The monoisotopic (exact) mass is 385 g/mol. The highest BCUT2D eigenvalue weighted by molar-refractivity contribution is 6.49. The van der Waals surface area contributed by atoms with Crippen LogP contribution in [-0.2, 0) is 19.1 Å². The zero-order valence-corrected chi connectivity index (χ0v) is 17.0. The first-order valence-corrected chi connectivity index (χ1v) is 9.65. The Labute approximate surface area is 165 Å². The Morgan fingerprint density at radius 3 is 2.14 bits per heavy atom. The van der Waals surface area contributed by atoms with Crippen molar-refractivity contribution in [3.05, 3.63) is 29.8 Å². The molecule has 2 aliphatic carbocycles. The first kappa shape index (κ1) is 20.2. The van der Waals surface area contributed by atoms with E-state index in [1.807, 2.05) is 27.7 Å². The van der Waals surface area contributed by atoms with Crippen LogP contribution in [0.4, 0.5) is 5.69 Å². The molecule has 6 heteroatoms. The minimum atomic E-state index is -1.34. The quantitative estimate of drug-likeness (QED) is 0.477. The number of hydrogen-bond donors (Lipinski definition) is 1. The summed E-state index contributed by atoms with van der Waals surface area (Å²) in [7, 11) is 0. The summed E-state index contributed by atoms with van der Waals surface area (Å²) >= 11 is 0. The molecule has 2 fully saturated rings. The van der Waals surface area contributed by atoms with E-state index in [1.165, 1.54) is 0 Å². The Bertz CT molecular complexity index is 854. The molecule has 1 amide bonds. The minimum absolute atomic E-state index is 0.244. The van der Waals surface area contributed by atoms with Gasteiger partial charge in [-0.15, -0.1) is 0 Å². The van der Waals surface area contributed by atoms with Crippen molar-refractivity contribution in [2.24, 2.45) is 22.2 Å². The van der Waals surface area contributed by atoms with Gasteiger partial charge in [-0.3, -0.25) is 14.4 Å². The molecule has 0 radical (unpaired) electrons. The van der Waals surface area contributed by atoms with E-state index in [9.17, 15) is 19.2 Å². The molecule has 0 aromatic heterocycles. The van der Waals surface area contributed by atoms with Gasteiger partial charge in [-0.1, -0.05) is 34.6 Å². The van der Waals surface area contributed by atoms with E-state index in [1.54, 1.807) is 31.2 Å². The molecule has 0 unspecified atom stereocenters. The van der Waals surface area contributed by atoms with Crippen LogP contribution in [0.1, 0.15) is 57.8 Å². The second-order valence-corrected chi connectivity index (χ2v) is 9.04. The van der Waals surface area contributed by atoms with Crippen molar-refractivity contribution >= 4 is 29.1 Å². The molecular formula is C22H27NO5. The van der Waals surface area contributed by atoms with E-state index in [0.717, 1.165) is 0 Å². The van der Waals surface area contributed by atoms with E-state index in [2.05, 4.69) is 5.32 Å². The number of amides is 1. The van der Waals surface area contributed by atoms with Gasteiger partial charge in [0.05, 0.1) is 12.2 Å². The Morgan fingerprint density at radius 2 is 1.64 bits per heavy atom. The summed E-state index contributed by atoms with van der Waals surface area (Å²) in [6.45, 7) is 9.69. The normalized spacial score (nSPS) is 27.9. The third-order valence-corrected chi connectivity index (χ3v) is 6.86. The molecule has 0 spiro atoms. The molecule has 0 heterocycles. The summed E-state index contributed by atoms with van der Waals surface area (Å²) in [6.07, 6.45) is 0.894. The number of benzene rings is 1. The van der Waals surface area contributed by atoms with E-state index >= 15 is 0 Å². The third-order valence-electron chi connectivity index (χ3n) is 6.86. The number of carbonyl (C=O) groups is 4. The van der Waals surface area contributed by atoms with Gasteiger partial charge in [-0.25, -0.2) is 4.79 Å². The van der Waals surface area contributed by atoms with Gasteiger partial charge in [0.25, 0.3) is 0 Å². The van der Waals surface area contributed by atoms with Crippen LogP contribution < -0.4 is 5.32 Å². The molecule has 1 aromatic rings. The van der Waals surface area contributed by atoms with E-state index in [-0.39, 0.29) is 5.92 Å². The van der Waals surface area contributed by atoms with Crippen LogP contribution in [0.25, 0.3) is 0 Å². The molecule has 150 valence electrons. The zero-order valence-electron chi connectivity index (χ0n) is 17.0. The van der Waals surface area contributed by atoms with Crippen molar-refractivity contribution in [1.29, 1.82) is 0 Å². The van der Waals surface area contributed by atoms with Gasteiger partial charge in [0.15, 0.2) is 0 Å². The Morgan fingerprint density at radius 1 is 1.04 bits per heavy atom. The van der Waals surface area contributed by atoms with Crippen LogP contribution in [0.2, 0.25) is 0 Å². The lowest BCUT2D eigenvalue weighted by molar-refractivity contribution is -0.147. The minimum Gasteiger partial charge on any atom is -0.462 e. The number of nitrogens with one attached hydrogen (secondary N) is 1. The smallest absolute Gasteiger partial charge is 0.338 e. The van der Waals surface area contributed by atoms with Crippen molar-refractivity contribution in [2.75, 3.05) is 11.9 Å². The SMILES string of the molecule is CC(C)COC(=O)c1ccc(NC(=O)[C@@]23CC[C@@](C)(C(=O)C2=O)C3(C)C)cc1. The number of carbonyl (C=O) groups excluding carboxylic acids is 4. The number of rotatable bonds is 5. The predicted octanol–water partition coefficient (Wildman–Crippen LogP) is 3.40. The summed E-state index contributed by atoms with van der Waals surface area (Å²) in [5.41, 5.74) is -2.04. The zero-order chi connectivity index (χ0) is 20.9. The molecule has 2 atom stereocenters. The highest BCUT2D eigenvalue weighted by Gasteiger charge is 2.77. The van der Waals surface area contributed by atoms with Crippen molar-refractivity contribution in [2.45, 2.75) is 47.5 Å². The molecule has 2 saturated carbocycles. The molecule has 1 aromatic carbocycles. The molecule has 0 aliphatic heterocycles. The van der Waals surface area contributed by atoms with Crippen LogP contribution in [0.15, 0.2) is 24.3 Å². The summed E-state index contributed by atoms with van der Waals surface area (Å²) in [5.74, 6) is -1.66. The van der Waals surface area contributed by atoms with Crippen molar-refractivity contribution < 1.29 is 23.9 Å². The van der Waals surface area contributed by atoms with E-state index < -0.39 is 39.7 Å². The van der Waals surface area contributed by atoms with Crippen molar-refractivity contribution in [3.8, 4) is 0 Å². The van der Waals surface area contributed by atoms with Crippen LogP contribution >= 0.6 is 0 Å². The molecule has 3 rings (SSSR count). The second-order valence-electron chi connectivity index (χ2n) is 9.04.